The van der Waals surface area contributed by atoms with E-state index in [-0.39, 0.29) is 17.4 Å². The van der Waals surface area contributed by atoms with E-state index >= 15 is 0 Å². The third-order valence-corrected chi connectivity index (χ3v) is 5.05. The number of sulfone groups is 1. The van der Waals surface area contributed by atoms with E-state index in [2.05, 4.69) is 5.32 Å². The molecule has 0 aliphatic carbocycles. The fourth-order valence-electron chi connectivity index (χ4n) is 2.00. The maximum absolute atomic E-state index is 11.9. The molecule has 0 aromatic heterocycles. The lowest BCUT2D eigenvalue weighted by Crippen LogP contribution is -2.24. The molecule has 1 aliphatic heterocycles. The van der Waals surface area contributed by atoms with Crippen LogP contribution < -0.4 is 5.32 Å². The summed E-state index contributed by atoms with van der Waals surface area (Å²) in [7, 11) is -3.03. The smallest absolute Gasteiger partial charge is 0.228 e. The van der Waals surface area contributed by atoms with Gasteiger partial charge in [0, 0.05) is 10.7 Å². The van der Waals surface area contributed by atoms with Gasteiger partial charge in [0.2, 0.25) is 5.91 Å². The Bertz CT molecular complexity index is 583. The van der Waals surface area contributed by atoms with Gasteiger partial charge >= 0.3 is 0 Å². The Morgan fingerprint density at radius 3 is 2.72 bits per heavy atom. The molecule has 2 rings (SSSR count). The molecule has 1 aromatic carbocycles. The number of halogens is 1. The first-order valence-electron chi connectivity index (χ1n) is 5.65. The van der Waals surface area contributed by atoms with Crippen molar-refractivity contribution in [2.45, 2.75) is 13.3 Å². The largest absolute Gasteiger partial charge is 0.326 e. The van der Waals surface area contributed by atoms with Crippen molar-refractivity contribution in [3.05, 3.63) is 28.8 Å². The highest BCUT2D eigenvalue weighted by atomic mass is 35.5. The molecule has 6 heteroatoms. The van der Waals surface area contributed by atoms with Crippen molar-refractivity contribution in [2.24, 2.45) is 5.92 Å². The van der Waals surface area contributed by atoms with Crippen LogP contribution in [0.3, 0.4) is 0 Å². The van der Waals surface area contributed by atoms with Gasteiger partial charge in [0.25, 0.3) is 0 Å². The summed E-state index contributed by atoms with van der Waals surface area (Å²) in [6, 6.07) is 5.16. The first-order chi connectivity index (χ1) is 8.37. The van der Waals surface area contributed by atoms with Crippen LogP contribution >= 0.6 is 11.6 Å². The van der Waals surface area contributed by atoms with Crippen LogP contribution in [0, 0.1) is 12.8 Å². The second kappa shape index (κ2) is 4.90. The lowest BCUT2D eigenvalue weighted by molar-refractivity contribution is -0.119. The Morgan fingerprint density at radius 1 is 1.44 bits per heavy atom. The molecule has 98 valence electrons. The van der Waals surface area contributed by atoms with Gasteiger partial charge in [-0.3, -0.25) is 4.79 Å². The van der Waals surface area contributed by atoms with Crippen LogP contribution in [0.2, 0.25) is 5.02 Å². The standard InChI is InChI=1S/C12H14ClNO3S/c1-8-6-10(13)2-3-11(8)14-12(15)9-4-5-18(16,17)7-9/h2-3,6,9H,4-5,7H2,1H3,(H,14,15). The van der Waals surface area contributed by atoms with Crippen molar-refractivity contribution >= 4 is 33.0 Å². The van der Waals surface area contributed by atoms with Gasteiger partial charge in [0.1, 0.15) is 0 Å². The number of carbonyl (C=O) groups is 1. The van der Waals surface area contributed by atoms with E-state index in [4.69, 9.17) is 11.6 Å². The molecule has 1 N–H and O–H groups in total. The van der Waals surface area contributed by atoms with Crippen LogP contribution in [0.4, 0.5) is 5.69 Å². The number of hydrogen-bond acceptors (Lipinski definition) is 3. The summed E-state index contributed by atoms with van der Waals surface area (Å²) in [4.78, 5) is 11.9. The first-order valence-corrected chi connectivity index (χ1v) is 7.85. The van der Waals surface area contributed by atoms with Crippen molar-refractivity contribution in [3.63, 3.8) is 0 Å². The molecule has 0 radical (unpaired) electrons. The summed E-state index contributed by atoms with van der Waals surface area (Å²) in [6.07, 6.45) is 0.404. The van der Waals surface area contributed by atoms with Crippen LogP contribution in [0.1, 0.15) is 12.0 Å². The molecule has 1 atom stereocenters. The van der Waals surface area contributed by atoms with Gasteiger partial charge < -0.3 is 5.32 Å². The van der Waals surface area contributed by atoms with Gasteiger partial charge in [-0.2, -0.15) is 0 Å². The van der Waals surface area contributed by atoms with Gasteiger partial charge in [-0.15, -0.1) is 0 Å². The van der Waals surface area contributed by atoms with Gasteiger partial charge in [0.05, 0.1) is 17.4 Å². The third kappa shape index (κ3) is 3.03. The van der Waals surface area contributed by atoms with Crippen LogP contribution in [0.15, 0.2) is 18.2 Å². The maximum atomic E-state index is 11.9. The molecule has 0 spiro atoms. The monoisotopic (exact) mass is 287 g/mol. The number of anilines is 1. The molecule has 0 saturated carbocycles. The lowest BCUT2D eigenvalue weighted by Gasteiger charge is -2.11. The molecule has 1 unspecified atom stereocenters. The molecule has 1 fully saturated rings. The zero-order chi connectivity index (χ0) is 13.3. The van der Waals surface area contributed by atoms with E-state index < -0.39 is 15.8 Å². The maximum Gasteiger partial charge on any atom is 0.228 e. The minimum absolute atomic E-state index is 0.0501. The van der Waals surface area contributed by atoms with E-state index in [0.29, 0.717) is 17.1 Å². The number of carbonyl (C=O) groups excluding carboxylic acids is 1. The molecular weight excluding hydrogens is 274 g/mol. The highest BCUT2D eigenvalue weighted by molar-refractivity contribution is 7.91. The zero-order valence-corrected chi connectivity index (χ0v) is 11.5. The van der Waals surface area contributed by atoms with Gasteiger partial charge in [0.15, 0.2) is 9.84 Å². The zero-order valence-electron chi connectivity index (χ0n) is 9.94. The summed E-state index contributed by atoms with van der Waals surface area (Å²) < 4.78 is 22.6. The minimum Gasteiger partial charge on any atom is -0.326 e. The second-order valence-corrected chi connectivity index (χ2v) is 7.21. The molecule has 1 saturated heterocycles. The number of nitrogens with one attached hydrogen (secondary N) is 1. The summed E-state index contributed by atoms with van der Waals surface area (Å²) in [5.74, 6) is -0.623. The van der Waals surface area contributed by atoms with Crippen LogP contribution in [0.5, 0.6) is 0 Å². The Hall–Kier alpha value is -1.07. The van der Waals surface area contributed by atoms with Crippen molar-refractivity contribution in [2.75, 3.05) is 16.8 Å². The van der Waals surface area contributed by atoms with Crippen LogP contribution in [0.25, 0.3) is 0 Å². The van der Waals surface area contributed by atoms with Gasteiger partial charge in [-0.05, 0) is 37.1 Å². The van der Waals surface area contributed by atoms with E-state index in [0.717, 1.165) is 5.56 Å². The molecule has 1 amide bonds. The molecule has 0 bridgehead atoms. The topological polar surface area (TPSA) is 63.2 Å². The van der Waals surface area contributed by atoms with Crippen molar-refractivity contribution in [1.29, 1.82) is 0 Å². The normalized spacial score (nSPS) is 21.8. The predicted octanol–water partition coefficient (Wildman–Crippen LogP) is 2.02. The van der Waals surface area contributed by atoms with Crippen LogP contribution in [-0.2, 0) is 14.6 Å². The highest BCUT2D eigenvalue weighted by Gasteiger charge is 2.33. The van der Waals surface area contributed by atoms with E-state index in [9.17, 15) is 13.2 Å². The van der Waals surface area contributed by atoms with Crippen molar-refractivity contribution in [3.8, 4) is 0 Å². The number of amides is 1. The summed E-state index contributed by atoms with van der Waals surface area (Å²) in [5.41, 5.74) is 1.53. The Balaban J connectivity index is 2.08. The van der Waals surface area contributed by atoms with Gasteiger partial charge in [-0.1, -0.05) is 11.6 Å². The molecule has 18 heavy (non-hydrogen) atoms. The molecule has 1 heterocycles. The number of hydrogen-bond donors (Lipinski definition) is 1. The minimum atomic E-state index is -3.03. The molecule has 1 aliphatic rings. The molecular formula is C12H14ClNO3S. The average Bonchev–Trinajstić information content (AvgIpc) is 2.63. The number of benzene rings is 1. The fourth-order valence-corrected chi connectivity index (χ4v) is 3.97. The SMILES string of the molecule is Cc1cc(Cl)ccc1NC(=O)C1CCS(=O)(=O)C1. The van der Waals surface area contributed by atoms with E-state index in [1.807, 2.05) is 6.92 Å². The highest BCUT2D eigenvalue weighted by Crippen LogP contribution is 2.23. The second-order valence-electron chi connectivity index (χ2n) is 4.55. The third-order valence-electron chi connectivity index (χ3n) is 3.05. The predicted molar refractivity (Wildman–Crippen MR) is 71.6 cm³/mol. The van der Waals surface area contributed by atoms with Gasteiger partial charge in [-0.25, -0.2) is 8.42 Å². The van der Waals surface area contributed by atoms with E-state index in [1.54, 1.807) is 18.2 Å². The average molecular weight is 288 g/mol. The van der Waals surface area contributed by atoms with Crippen LogP contribution in [-0.4, -0.2) is 25.8 Å². The van der Waals surface area contributed by atoms with Crippen molar-refractivity contribution < 1.29 is 13.2 Å². The summed E-state index contributed by atoms with van der Waals surface area (Å²) in [5, 5.41) is 3.36. The number of aryl methyl sites for hydroxylation is 1. The summed E-state index contributed by atoms with van der Waals surface area (Å²) in [6.45, 7) is 1.84. The Labute approximate surface area is 111 Å². The quantitative estimate of drug-likeness (QED) is 0.905. The van der Waals surface area contributed by atoms with Crippen molar-refractivity contribution in [1.82, 2.24) is 0 Å². The lowest BCUT2D eigenvalue weighted by atomic mass is 10.1. The molecule has 1 aromatic rings. The Morgan fingerprint density at radius 2 is 2.17 bits per heavy atom. The number of rotatable bonds is 2. The molecule has 4 nitrogen and oxygen atoms in total. The Kier molecular flexibility index (Phi) is 3.64. The first kappa shape index (κ1) is 13.4. The fraction of sp³-hybridized carbons (Fsp3) is 0.417. The van der Waals surface area contributed by atoms with E-state index in [1.165, 1.54) is 0 Å². The summed E-state index contributed by atoms with van der Waals surface area (Å²) >= 11 is 5.83.